The van der Waals surface area contributed by atoms with Gasteiger partial charge < -0.3 is 0 Å². The first kappa shape index (κ1) is 4.62. The zero-order chi connectivity index (χ0) is 14.4. The zero-order valence-electron chi connectivity index (χ0n) is 12.8. The number of aromatic nitrogens is 2. The molecule has 0 unspecified atom stereocenters. The Bertz CT molecular complexity index is 796. The van der Waals surface area contributed by atoms with E-state index in [1.54, 1.807) is 6.07 Å². The molecule has 0 atom stereocenters. The van der Waals surface area contributed by atoms with Gasteiger partial charge in [-0.3, -0.25) is 5.10 Å². The molecule has 3 aromatic rings. The van der Waals surface area contributed by atoms with Crippen LogP contribution in [0.4, 0.5) is 0 Å². The van der Waals surface area contributed by atoms with Crippen molar-refractivity contribution in [1.29, 1.82) is 0 Å². The molecule has 1 N–H and O–H groups in total. The van der Waals surface area contributed by atoms with E-state index in [9.17, 15) is 0 Å². The predicted molar refractivity (Wildman–Crippen MR) is 61.5 cm³/mol. The first-order chi connectivity index (χ1) is 9.52. The summed E-state index contributed by atoms with van der Waals surface area (Å²) in [5, 5.41) is 7.64. The van der Waals surface area contributed by atoms with Gasteiger partial charge in [0.2, 0.25) is 0 Å². The highest BCUT2D eigenvalue weighted by molar-refractivity contribution is 5.92. The summed E-state index contributed by atoms with van der Waals surface area (Å²) >= 11 is 0. The van der Waals surface area contributed by atoms with E-state index >= 15 is 0 Å². The lowest BCUT2D eigenvalue weighted by Crippen LogP contribution is -1.76. The van der Waals surface area contributed by atoms with Crippen molar-refractivity contribution in [2.75, 3.05) is 0 Å². The van der Waals surface area contributed by atoms with E-state index < -0.39 is 6.04 Å². The molecule has 0 saturated heterocycles. The number of hydrogen-bond acceptors (Lipinski definition) is 1. The van der Waals surface area contributed by atoms with E-state index in [-0.39, 0.29) is 29.7 Å². The highest BCUT2D eigenvalue weighted by Gasteiger charge is 2.05. The van der Waals surface area contributed by atoms with Crippen LogP contribution in [0.5, 0.6) is 0 Å². The van der Waals surface area contributed by atoms with Gasteiger partial charge in [0.05, 0.1) is 18.1 Å². The lowest BCUT2D eigenvalue weighted by Gasteiger charge is -1.95. The number of nitrogens with one attached hydrogen (secondary N) is 1. The number of para-hydroxylation sites is 1. The Morgan fingerprint density at radius 1 is 1.07 bits per heavy atom. The monoisotopic (exact) mass is 199 g/mol. The Balaban J connectivity index is 2.41. The molecule has 72 valence electrons. The standard InChI is InChI=1S/C13H10N2/c1-2-6-10(7-3-1)13-11-8-4-5-9-12(11)14-15-13/h1-9H,(H,14,15)/i1D,2D,3D,6D,7D. The first-order valence-corrected chi connectivity index (χ1v) is 4.52. The molecule has 0 amide bonds. The molecule has 0 aliphatic carbocycles. The fourth-order valence-electron chi connectivity index (χ4n) is 1.52. The van der Waals surface area contributed by atoms with Crippen molar-refractivity contribution in [2.45, 2.75) is 0 Å². The second-order valence-corrected chi connectivity index (χ2v) is 3.12. The zero-order valence-corrected chi connectivity index (χ0v) is 7.76. The molecule has 2 nitrogen and oxygen atoms in total. The van der Waals surface area contributed by atoms with Gasteiger partial charge in [-0.1, -0.05) is 48.4 Å². The van der Waals surface area contributed by atoms with Gasteiger partial charge >= 0.3 is 0 Å². The minimum Gasteiger partial charge on any atom is -0.277 e. The predicted octanol–water partition coefficient (Wildman–Crippen LogP) is 3.23. The molecule has 0 bridgehead atoms. The summed E-state index contributed by atoms with van der Waals surface area (Å²) in [6.07, 6.45) is 0. The number of rotatable bonds is 1. The second kappa shape index (κ2) is 3.24. The number of H-pyrrole nitrogens is 1. The molecule has 0 saturated carbocycles. The molecule has 15 heavy (non-hydrogen) atoms. The maximum absolute atomic E-state index is 7.96. The number of benzene rings is 2. The molecular formula is C13H10N2. The average molecular weight is 199 g/mol. The number of nitrogens with zero attached hydrogens (tertiary/aromatic N) is 1. The summed E-state index contributed by atoms with van der Waals surface area (Å²) in [4.78, 5) is 0. The first-order valence-electron chi connectivity index (χ1n) is 7.02. The molecule has 0 fully saturated rings. The summed E-state index contributed by atoms with van der Waals surface area (Å²) in [6, 6.07) is 5.69. The van der Waals surface area contributed by atoms with Crippen molar-refractivity contribution >= 4 is 10.9 Å². The second-order valence-electron chi connectivity index (χ2n) is 3.12. The van der Waals surface area contributed by atoms with Crippen LogP contribution in [0, 0.1) is 0 Å². The maximum atomic E-state index is 7.96. The van der Waals surface area contributed by atoms with Crippen molar-refractivity contribution in [3.63, 3.8) is 0 Å². The Labute approximate surface area is 94.6 Å². The van der Waals surface area contributed by atoms with Crippen LogP contribution in [0.1, 0.15) is 6.85 Å². The SMILES string of the molecule is [2H]c1c([2H])c([2H])c(-c2n[nH]c3ccccc23)c([2H])c1[2H]. The molecule has 2 heteroatoms. The third-order valence-electron chi connectivity index (χ3n) is 2.21. The van der Waals surface area contributed by atoms with Crippen molar-refractivity contribution in [3.05, 3.63) is 54.5 Å². The van der Waals surface area contributed by atoms with Crippen LogP contribution >= 0.6 is 0 Å². The van der Waals surface area contributed by atoms with Gasteiger partial charge in [-0.2, -0.15) is 5.10 Å². The van der Waals surface area contributed by atoms with Crippen molar-refractivity contribution < 1.29 is 6.85 Å². The van der Waals surface area contributed by atoms with Crippen LogP contribution < -0.4 is 0 Å². The lowest BCUT2D eigenvalue weighted by atomic mass is 10.1. The van der Waals surface area contributed by atoms with Gasteiger partial charge in [-0.05, 0) is 6.07 Å². The van der Waals surface area contributed by atoms with Gasteiger partial charge in [0, 0.05) is 10.9 Å². The highest BCUT2D eigenvalue weighted by atomic mass is 15.1. The van der Waals surface area contributed by atoms with E-state index in [1.807, 2.05) is 18.2 Å². The third-order valence-corrected chi connectivity index (χ3v) is 2.21. The van der Waals surface area contributed by atoms with Crippen molar-refractivity contribution in [2.24, 2.45) is 0 Å². The molecule has 1 aromatic heterocycles. The van der Waals surface area contributed by atoms with Gasteiger partial charge in [0.25, 0.3) is 0 Å². The fourth-order valence-corrected chi connectivity index (χ4v) is 1.52. The van der Waals surface area contributed by atoms with Crippen LogP contribution in [0.3, 0.4) is 0 Å². The van der Waals surface area contributed by atoms with Crippen LogP contribution in [-0.2, 0) is 0 Å². The summed E-state index contributed by atoms with van der Waals surface area (Å²) < 4.78 is 38.9. The molecular weight excluding hydrogens is 184 g/mol. The minimum absolute atomic E-state index is 0.119. The third kappa shape index (κ3) is 1.31. The van der Waals surface area contributed by atoms with E-state index in [4.69, 9.17) is 6.85 Å². The normalized spacial score (nSPS) is 15.3. The maximum Gasteiger partial charge on any atom is 0.0999 e. The van der Waals surface area contributed by atoms with Crippen LogP contribution in [0.2, 0.25) is 0 Å². The fraction of sp³-hybridized carbons (Fsp3) is 0. The summed E-state index contributed by atoms with van der Waals surface area (Å²) in [6.45, 7) is 0. The summed E-state index contributed by atoms with van der Waals surface area (Å²) in [7, 11) is 0. The topological polar surface area (TPSA) is 28.7 Å². The quantitative estimate of drug-likeness (QED) is 0.640. The number of hydrogen-bond donors (Lipinski definition) is 1. The summed E-state index contributed by atoms with van der Waals surface area (Å²) in [5.41, 5.74) is 1.25. The Kier molecular flexibility index (Phi) is 0.999. The van der Waals surface area contributed by atoms with Gasteiger partial charge in [-0.25, -0.2) is 0 Å². The molecule has 0 aliphatic heterocycles. The van der Waals surface area contributed by atoms with Gasteiger partial charge in [0.15, 0.2) is 0 Å². The van der Waals surface area contributed by atoms with E-state index in [2.05, 4.69) is 10.2 Å². The molecule has 1 heterocycles. The molecule has 0 aliphatic rings. The smallest absolute Gasteiger partial charge is 0.0999 e. The highest BCUT2D eigenvalue weighted by Crippen LogP contribution is 2.25. The molecule has 0 radical (unpaired) electrons. The minimum atomic E-state index is -0.399. The van der Waals surface area contributed by atoms with E-state index in [1.165, 1.54) is 0 Å². The average Bonchev–Trinajstić information content (AvgIpc) is 2.87. The number of fused-ring (bicyclic) bond motifs is 1. The van der Waals surface area contributed by atoms with Crippen molar-refractivity contribution in [3.8, 4) is 11.3 Å². The van der Waals surface area contributed by atoms with E-state index in [0.29, 0.717) is 5.69 Å². The van der Waals surface area contributed by atoms with Gasteiger partial charge in [0.1, 0.15) is 0 Å². The molecule has 3 rings (SSSR count). The van der Waals surface area contributed by atoms with Crippen LogP contribution in [-0.4, -0.2) is 10.2 Å². The largest absolute Gasteiger partial charge is 0.277 e. The Morgan fingerprint density at radius 2 is 1.87 bits per heavy atom. The Morgan fingerprint density at radius 3 is 2.73 bits per heavy atom. The van der Waals surface area contributed by atoms with Crippen LogP contribution in [0.25, 0.3) is 22.2 Å². The Hall–Kier alpha value is -2.09. The van der Waals surface area contributed by atoms with E-state index in [0.717, 1.165) is 10.9 Å². The van der Waals surface area contributed by atoms with Gasteiger partial charge in [-0.15, -0.1) is 0 Å². The molecule has 2 aromatic carbocycles. The molecule has 0 spiro atoms. The van der Waals surface area contributed by atoms with Crippen LogP contribution in [0.15, 0.2) is 54.5 Å². The van der Waals surface area contributed by atoms with Crippen molar-refractivity contribution in [1.82, 2.24) is 10.2 Å². The summed E-state index contributed by atoms with van der Waals surface area (Å²) in [5.74, 6) is 0. The lowest BCUT2D eigenvalue weighted by molar-refractivity contribution is 1.12. The number of aromatic amines is 1.